The zero-order valence-electron chi connectivity index (χ0n) is 10.9. The van der Waals surface area contributed by atoms with Crippen LogP contribution in [-0.2, 0) is 0 Å². The number of hydrogen-bond donors (Lipinski definition) is 1. The van der Waals surface area contributed by atoms with Gasteiger partial charge in [-0.2, -0.15) is 0 Å². The molecule has 0 unspecified atom stereocenters. The first-order valence-corrected chi connectivity index (χ1v) is 6.52. The zero-order valence-corrected chi connectivity index (χ0v) is 11.8. The summed E-state index contributed by atoms with van der Waals surface area (Å²) in [6.45, 7) is 5.58. The highest BCUT2D eigenvalue weighted by molar-refractivity contribution is 7.80. The van der Waals surface area contributed by atoms with Gasteiger partial charge < -0.3 is 10.6 Å². The maximum atomic E-state index is 5.64. The molecule has 1 aromatic rings. The second kappa shape index (κ2) is 6.60. The first-order chi connectivity index (χ1) is 8.00. The topological polar surface area (TPSA) is 29.3 Å². The van der Waals surface area contributed by atoms with Gasteiger partial charge in [-0.05, 0) is 30.9 Å². The summed E-state index contributed by atoms with van der Waals surface area (Å²) in [5, 5.41) is 0. The highest BCUT2D eigenvalue weighted by Crippen LogP contribution is 2.16. The largest absolute Gasteiger partial charge is 0.389 e. The molecule has 1 rings (SSSR count). The molecule has 3 heteroatoms. The molecule has 17 heavy (non-hydrogen) atoms. The highest BCUT2D eigenvalue weighted by atomic mass is 32.1. The van der Waals surface area contributed by atoms with Gasteiger partial charge in [0.25, 0.3) is 0 Å². The minimum Gasteiger partial charge on any atom is -0.389 e. The summed E-state index contributed by atoms with van der Waals surface area (Å²) in [5.41, 5.74) is 7.75. The van der Waals surface area contributed by atoms with E-state index in [1.165, 1.54) is 18.5 Å². The smallest absolute Gasteiger partial charge is 0.104 e. The fraction of sp³-hybridized carbons (Fsp3) is 0.500. The average Bonchev–Trinajstić information content (AvgIpc) is 2.28. The van der Waals surface area contributed by atoms with E-state index in [1.807, 2.05) is 12.1 Å². The first kappa shape index (κ1) is 14.0. The zero-order chi connectivity index (χ0) is 12.8. The summed E-state index contributed by atoms with van der Waals surface area (Å²) < 4.78 is 0. The molecule has 0 heterocycles. The molecule has 0 aromatic heterocycles. The third-order valence-electron chi connectivity index (χ3n) is 2.85. The molecule has 0 aliphatic heterocycles. The number of anilines is 1. The summed E-state index contributed by atoms with van der Waals surface area (Å²) >= 11 is 4.99. The van der Waals surface area contributed by atoms with Crippen molar-refractivity contribution in [3.05, 3.63) is 29.8 Å². The van der Waals surface area contributed by atoms with Gasteiger partial charge in [-0.15, -0.1) is 0 Å². The molecule has 2 nitrogen and oxygen atoms in total. The molecule has 0 spiro atoms. The van der Waals surface area contributed by atoms with Crippen LogP contribution < -0.4 is 10.6 Å². The second-order valence-electron chi connectivity index (χ2n) is 4.87. The third-order valence-corrected chi connectivity index (χ3v) is 3.08. The molecule has 0 radical (unpaired) electrons. The van der Waals surface area contributed by atoms with Crippen molar-refractivity contribution in [3.8, 4) is 0 Å². The maximum Gasteiger partial charge on any atom is 0.104 e. The number of benzene rings is 1. The lowest BCUT2D eigenvalue weighted by Gasteiger charge is -2.20. The number of hydrogen-bond acceptors (Lipinski definition) is 2. The van der Waals surface area contributed by atoms with E-state index in [0.29, 0.717) is 4.99 Å². The van der Waals surface area contributed by atoms with Crippen molar-refractivity contribution in [2.45, 2.75) is 26.7 Å². The SMILES string of the molecule is CC(C)CCCN(C)c1cccc(C(N)=S)c1. The standard InChI is InChI=1S/C14H22N2S/c1-11(2)6-5-9-16(3)13-8-4-7-12(10-13)14(15)17/h4,7-8,10-11H,5-6,9H2,1-3H3,(H2,15,17). The van der Waals surface area contributed by atoms with Crippen LogP contribution in [0.15, 0.2) is 24.3 Å². The van der Waals surface area contributed by atoms with Crippen LogP contribution in [0, 0.1) is 5.92 Å². The average molecular weight is 250 g/mol. The van der Waals surface area contributed by atoms with Gasteiger partial charge in [-0.3, -0.25) is 0 Å². The molecule has 0 saturated heterocycles. The van der Waals surface area contributed by atoms with E-state index >= 15 is 0 Å². The fourth-order valence-electron chi connectivity index (χ4n) is 1.76. The summed E-state index contributed by atoms with van der Waals surface area (Å²) in [5.74, 6) is 0.770. The van der Waals surface area contributed by atoms with E-state index in [1.54, 1.807) is 0 Å². The third kappa shape index (κ3) is 4.73. The van der Waals surface area contributed by atoms with Crippen LogP contribution in [-0.4, -0.2) is 18.6 Å². The van der Waals surface area contributed by atoms with Crippen molar-refractivity contribution >= 4 is 22.9 Å². The van der Waals surface area contributed by atoms with Crippen LogP contribution in [0.2, 0.25) is 0 Å². The highest BCUT2D eigenvalue weighted by Gasteiger charge is 2.03. The number of nitrogens with two attached hydrogens (primary N) is 1. The summed E-state index contributed by atoms with van der Waals surface area (Å²) in [4.78, 5) is 2.71. The monoisotopic (exact) mass is 250 g/mol. The molecule has 0 aliphatic carbocycles. The van der Waals surface area contributed by atoms with Crippen molar-refractivity contribution in [1.82, 2.24) is 0 Å². The van der Waals surface area contributed by atoms with Gasteiger partial charge >= 0.3 is 0 Å². The minimum absolute atomic E-state index is 0.461. The Balaban J connectivity index is 2.59. The number of rotatable bonds is 6. The Hall–Kier alpha value is -1.09. The van der Waals surface area contributed by atoms with Crippen LogP contribution in [0.4, 0.5) is 5.69 Å². The van der Waals surface area contributed by atoms with Crippen molar-refractivity contribution in [3.63, 3.8) is 0 Å². The fourth-order valence-corrected chi connectivity index (χ4v) is 1.89. The van der Waals surface area contributed by atoms with Crippen molar-refractivity contribution in [2.75, 3.05) is 18.5 Å². The van der Waals surface area contributed by atoms with Crippen LogP contribution in [0.1, 0.15) is 32.3 Å². The normalized spacial score (nSPS) is 10.6. The Morgan fingerprint density at radius 3 is 2.71 bits per heavy atom. The first-order valence-electron chi connectivity index (χ1n) is 6.11. The quantitative estimate of drug-likeness (QED) is 0.786. The van der Waals surface area contributed by atoms with Crippen molar-refractivity contribution in [2.24, 2.45) is 11.7 Å². The minimum atomic E-state index is 0.461. The molecule has 0 saturated carbocycles. The van der Waals surface area contributed by atoms with E-state index < -0.39 is 0 Å². The predicted octanol–water partition coefficient (Wildman–Crippen LogP) is 3.19. The van der Waals surface area contributed by atoms with Gasteiger partial charge in [-0.1, -0.05) is 38.2 Å². The van der Waals surface area contributed by atoms with E-state index in [9.17, 15) is 0 Å². The molecule has 0 amide bonds. The molecular formula is C14H22N2S. The molecule has 0 atom stereocenters. The van der Waals surface area contributed by atoms with E-state index in [4.69, 9.17) is 18.0 Å². The van der Waals surface area contributed by atoms with Crippen molar-refractivity contribution in [1.29, 1.82) is 0 Å². The molecule has 1 aromatic carbocycles. The van der Waals surface area contributed by atoms with Crippen LogP contribution in [0.3, 0.4) is 0 Å². The van der Waals surface area contributed by atoms with E-state index in [2.05, 4.69) is 37.9 Å². The van der Waals surface area contributed by atoms with Gasteiger partial charge in [-0.25, -0.2) is 0 Å². The van der Waals surface area contributed by atoms with Gasteiger partial charge in [0.1, 0.15) is 4.99 Å². The Morgan fingerprint density at radius 2 is 2.12 bits per heavy atom. The van der Waals surface area contributed by atoms with Crippen molar-refractivity contribution < 1.29 is 0 Å². The van der Waals surface area contributed by atoms with Gasteiger partial charge in [0.15, 0.2) is 0 Å². The summed E-state index contributed by atoms with van der Waals surface area (Å²) in [6.07, 6.45) is 2.48. The summed E-state index contributed by atoms with van der Waals surface area (Å²) in [7, 11) is 2.11. The Labute approximate surface area is 110 Å². The van der Waals surface area contributed by atoms with E-state index in [0.717, 1.165) is 18.0 Å². The Kier molecular flexibility index (Phi) is 5.42. The van der Waals surface area contributed by atoms with E-state index in [-0.39, 0.29) is 0 Å². The molecule has 94 valence electrons. The molecule has 2 N–H and O–H groups in total. The molecule has 0 aliphatic rings. The lowest BCUT2D eigenvalue weighted by Crippen LogP contribution is -2.19. The van der Waals surface area contributed by atoms with Crippen LogP contribution >= 0.6 is 12.2 Å². The van der Waals surface area contributed by atoms with Gasteiger partial charge in [0.05, 0.1) is 0 Å². The second-order valence-corrected chi connectivity index (χ2v) is 5.31. The molecular weight excluding hydrogens is 228 g/mol. The number of thiocarbonyl (C=S) groups is 1. The predicted molar refractivity (Wildman–Crippen MR) is 79.7 cm³/mol. The van der Waals surface area contributed by atoms with Crippen LogP contribution in [0.25, 0.3) is 0 Å². The Bertz CT molecular complexity index is 374. The lowest BCUT2D eigenvalue weighted by atomic mass is 10.1. The maximum absolute atomic E-state index is 5.64. The molecule has 0 bridgehead atoms. The lowest BCUT2D eigenvalue weighted by molar-refractivity contribution is 0.556. The van der Waals surface area contributed by atoms with Crippen LogP contribution in [0.5, 0.6) is 0 Å². The Morgan fingerprint density at radius 1 is 1.41 bits per heavy atom. The number of nitrogens with zero attached hydrogens (tertiary/aromatic N) is 1. The van der Waals surface area contributed by atoms with Gasteiger partial charge in [0, 0.05) is 24.8 Å². The molecule has 0 fully saturated rings. The summed E-state index contributed by atoms with van der Waals surface area (Å²) in [6, 6.07) is 8.10. The van der Waals surface area contributed by atoms with Gasteiger partial charge in [0.2, 0.25) is 0 Å².